The van der Waals surface area contributed by atoms with E-state index in [2.05, 4.69) is 10.0 Å². The van der Waals surface area contributed by atoms with E-state index in [4.69, 9.17) is 25.8 Å². The second kappa shape index (κ2) is 13.9. The lowest BCUT2D eigenvalue weighted by atomic mass is 10.3. The summed E-state index contributed by atoms with van der Waals surface area (Å²) < 4.78 is 73.1. The Morgan fingerprint density at radius 1 is 0.818 bits per heavy atom. The Bertz CT molecular complexity index is 1830. The predicted molar refractivity (Wildman–Crippen MR) is 169 cm³/mol. The van der Waals surface area contributed by atoms with Gasteiger partial charge in [0, 0.05) is 16.8 Å². The van der Waals surface area contributed by atoms with Crippen LogP contribution in [0, 0.1) is 0 Å². The number of para-hydroxylation sites is 2. The summed E-state index contributed by atoms with van der Waals surface area (Å²) in [5, 5.41) is 2.98. The number of carbonyl (C=O) groups is 1. The van der Waals surface area contributed by atoms with Crippen LogP contribution in [0.5, 0.6) is 17.2 Å². The number of sulfonamides is 2. The first kappa shape index (κ1) is 32.5. The molecule has 4 rings (SSSR count). The van der Waals surface area contributed by atoms with Gasteiger partial charge < -0.3 is 19.5 Å². The van der Waals surface area contributed by atoms with Crippen molar-refractivity contribution in [3.63, 3.8) is 0 Å². The second-order valence-corrected chi connectivity index (χ2v) is 13.1. The first-order chi connectivity index (χ1) is 21.0. The van der Waals surface area contributed by atoms with E-state index in [0.29, 0.717) is 16.5 Å². The molecule has 0 aliphatic heterocycles. The highest BCUT2D eigenvalue weighted by Gasteiger charge is 2.29. The van der Waals surface area contributed by atoms with Crippen molar-refractivity contribution < 1.29 is 35.8 Å². The minimum absolute atomic E-state index is 0.0734. The minimum Gasteiger partial charge on any atom is -0.497 e. The van der Waals surface area contributed by atoms with Crippen LogP contribution in [-0.2, 0) is 24.8 Å². The van der Waals surface area contributed by atoms with Crippen molar-refractivity contribution in [3.8, 4) is 17.2 Å². The van der Waals surface area contributed by atoms with Gasteiger partial charge >= 0.3 is 0 Å². The van der Waals surface area contributed by atoms with Crippen molar-refractivity contribution in [2.75, 3.05) is 41.7 Å². The monoisotopic (exact) mass is 659 g/mol. The molecule has 0 bridgehead atoms. The summed E-state index contributed by atoms with van der Waals surface area (Å²) in [4.78, 5) is 13.1. The van der Waals surface area contributed by atoms with Gasteiger partial charge in [-0.25, -0.2) is 16.8 Å². The summed E-state index contributed by atoms with van der Waals surface area (Å²) in [5.41, 5.74) is 0.591. The van der Waals surface area contributed by atoms with Crippen LogP contribution >= 0.6 is 11.6 Å². The molecule has 2 N–H and O–H groups in total. The van der Waals surface area contributed by atoms with Crippen LogP contribution in [0.2, 0.25) is 5.02 Å². The number of benzene rings is 4. The SMILES string of the molecule is CCOc1ccccc1N(CC(=O)Nc1ccc(S(=O)(=O)Nc2cc(OC)ccc2OC)cc1)S(=O)(=O)c1ccc(Cl)cc1. The Labute approximate surface area is 261 Å². The average molecular weight is 660 g/mol. The number of hydrogen-bond donors (Lipinski definition) is 2. The Morgan fingerprint density at radius 3 is 2.11 bits per heavy atom. The van der Waals surface area contributed by atoms with Crippen molar-refractivity contribution >= 4 is 54.6 Å². The van der Waals surface area contributed by atoms with Crippen molar-refractivity contribution in [2.45, 2.75) is 16.7 Å². The second-order valence-electron chi connectivity index (χ2n) is 9.11. The van der Waals surface area contributed by atoms with E-state index >= 15 is 0 Å². The van der Waals surface area contributed by atoms with E-state index < -0.39 is 32.5 Å². The van der Waals surface area contributed by atoms with Gasteiger partial charge in [-0.1, -0.05) is 23.7 Å². The molecule has 0 radical (unpaired) electrons. The topological polar surface area (TPSA) is 140 Å². The van der Waals surface area contributed by atoms with Gasteiger partial charge in [-0.2, -0.15) is 0 Å². The number of amides is 1. The molecule has 4 aromatic carbocycles. The molecule has 4 aromatic rings. The van der Waals surface area contributed by atoms with Gasteiger partial charge in [-0.05, 0) is 79.7 Å². The fourth-order valence-electron chi connectivity index (χ4n) is 4.12. The normalized spacial score (nSPS) is 11.4. The lowest BCUT2D eigenvalue weighted by molar-refractivity contribution is -0.114. The van der Waals surface area contributed by atoms with E-state index in [9.17, 15) is 21.6 Å². The Kier molecular flexibility index (Phi) is 10.2. The highest BCUT2D eigenvalue weighted by molar-refractivity contribution is 7.93. The molecule has 14 heteroatoms. The molecule has 0 spiro atoms. The predicted octanol–water partition coefficient (Wildman–Crippen LogP) is 5.39. The molecule has 0 saturated heterocycles. The fraction of sp³-hybridized carbons (Fsp3) is 0.167. The molecule has 0 aliphatic carbocycles. The summed E-state index contributed by atoms with van der Waals surface area (Å²) in [6, 6.07) is 22.1. The summed E-state index contributed by atoms with van der Waals surface area (Å²) in [7, 11) is -5.42. The van der Waals surface area contributed by atoms with Gasteiger partial charge in [0.15, 0.2) is 0 Å². The Balaban J connectivity index is 1.57. The molecule has 0 saturated carbocycles. The van der Waals surface area contributed by atoms with E-state index in [1.54, 1.807) is 37.3 Å². The van der Waals surface area contributed by atoms with Gasteiger partial charge in [0.2, 0.25) is 5.91 Å². The molecular weight excluding hydrogens is 630 g/mol. The third-order valence-corrected chi connectivity index (χ3v) is 9.63. The quantitative estimate of drug-likeness (QED) is 0.195. The summed E-state index contributed by atoms with van der Waals surface area (Å²) in [5.74, 6) is 0.318. The fourth-order valence-corrected chi connectivity index (χ4v) is 6.74. The molecule has 0 fully saturated rings. The minimum atomic E-state index is -4.24. The zero-order chi connectivity index (χ0) is 31.9. The maximum Gasteiger partial charge on any atom is 0.264 e. The van der Waals surface area contributed by atoms with Gasteiger partial charge in [0.1, 0.15) is 23.8 Å². The number of ether oxygens (including phenoxy) is 3. The number of halogens is 1. The number of anilines is 3. The maximum atomic E-state index is 13.7. The van der Waals surface area contributed by atoms with Crippen LogP contribution < -0.4 is 28.6 Å². The number of nitrogens with one attached hydrogen (secondary N) is 2. The summed E-state index contributed by atoms with van der Waals surface area (Å²) in [6.07, 6.45) is 0. The Morgan fingerprint density at radius 2 is 1.48 bits per heavy atom. The van der Waals surface area contributed by atoms with E-state index in [1.165, 1.54) is 74.9 Å². The highest BCUT2D eigenvalue weighted by atomic mass is 35.5. The van der Waals surface area contributed by atoms with Crippen LogP contribution in [0.25, 0.3) is 0 Å². The van der Waals surface area contributed by atoms with Crippen molar-refractivity contribution in [1.82, 2.24) is 0 Å². The van der Waals surface area contributed by atoms with Crippen LogP contribution in [0.4, 0.5) is 17.1 Å². The van der Waals surface area contributed by atoms with Gasteiger partial charge in [-0.3, -0.25) is 13.8 Å². The van der Waals surface area contributed by atoms with E-state index in [0.717, 1.165) is 4.31 Å². The van der Waals surface area contributed by atoms with Gasteiger partial charge in [-0.15, -0.1) is 0 Å². The van der Waals surface area contributed by atoms with Gasteiger partial charge in [0.25, 0.3) is 20.0 Å². The first-order valence-corrected chi connectivity index (χ1v) is 16.4. The van der Waals surface area contributed by atoms with Crippen molar-refractivity contribution in [3.05, 3.63) is 96.0 Å². The molecule has 0 atom stereocenters. The standard InChI is InChI=1S/C30H30ClN3O8S2/c1-4-42-29-8-6-5-7-27(29)34(44(38,39)25-14-9-21(31)10-15-25)20-30(35)32-22-11-16-24(17-12-22)43(36,37)33-26-19-23(40-2)13-18-28(26)41-3/h5-19,33H,4,20H2,1-3H3,(H,32,35). The van der Waals surface area contributed by atoms with E-state index in [1.807, 2.05) is 0 Å². The zero-order valence-electron chi connectivity index (χ0n) is 24.0. The number of nitrogens with zero attached hydrogens (tertiary/aromatic N) is 1. The highest BCUT2D eigenvalue weighted by Crippen LogP contribution is 2.33. The maximum absolute atomic E-state index is 13.7. The molecule has 0 aromatic heterocycles. The van der Waals surface area contributed by atoms with Crippen LogP contribution in [0.1, 0.15) is 6.92 Å². The molecular formula is C30H30ClN3O8S2. The van der Waals surface area contributed by atoms with E-state index in [-0.39, 0.29) is 39.2 Å². The summed E-state index contributed by atoms with van der Waals surface area (Å²) in [6.45, 7) is 1.42. The van der Waals surface area contributed by atoms with Crippen LogP contribution in [0.3, 0.4) is 0 Å². The smallest absolute Gasteiger partial charge is 0.264 e. The van der Waals surface area contributed by atoms with Gasteiger partial charge in [0.05, 0.1) is 42.0 Å². The lowest BCUT2D eigenvalue weighted by Crippen LogP contribution is -2.38. The van der Waals surface area contributed by atoms with Crippen molar-refractivity contribution in [1.29, 1.82) is 0 Å². The molecule has 232 valence electrons. The number of hydrogen-bond acceptors (Lipinski definition) is 8. The summed E-state index contributed by atoms with van der Waals surface area (Å²) >= 11 is 5.96. The number of carbonyl (C=O) groups excluding carboxylic acids is 1. The van der Waals surface area contributed by atoms with Crippen LogP contribution in [0.15, 0.2) is 101 Å². The Hall–Kier alpha value is -4.46. The lowest BCUT2D eigenvalue weighted by Gasteiger charge is -2.26. The van der Waals surface area contributed by atoms with Crippen LogP contribution in [-0.4, -0.2) is 50.1 Å². The molecule has 11 nitrogen and oxygen atoms in total. The zero-order valence-corrected chi connectivity index (χ0v) is 26.4. The molecule has 0 heterocycles. The third kappa shape index (κ3) is 7.54. The first-order valence-electron chi connectivity index (χ1n) is 13.1. The third-order valence-electron chi connectivity index (χ3n) is 6.22. The average Bonchev–Trinajstić information content (AvgIpc) is 3.00. The number of methoxy groups -OCH3 is 2. The largest absolute Gasteiger partial charge is 0.497 e. The molecule has 0 aliphatic rings. The molecule has 1 amide bonds. The van der Waals surface area contributed by atoms with Crippen molar-refractivity contribution in [2.24, 2.45) is 0 Å². The molecule has 44 heavy (non-hydrogen) atoms. The number of rotatable bonds is 13. The molecule has 0 unspecified atom stereocenters.